The number of benzene rings is 1. The number of carbonyl (C=O) groups is 1. The highest BCUT2D eigenvalue weighted by molar-refractivity contribution is 5.96. The molecule has 1 saturated heterocycles. The average molecular weight is 238 g/mol. The molecule has 1 atom stereocenters. The largest absolute Gasteiger partial charge is 0.507 e. The molecule has 5 heteroatoms. The molecule has 1 aliphatic heterocycles. The van der Waals surface area contributed by atoms with E-state index in [0.717, 1.165) is 25.6 Å². The van der Waals surface area contributed by atoms with E-state index < -0.39 is 5.82 Å². The summed E-state index contributed by atoms with van der Waals surface area (Å²) in [5, 5.41) is 12.7. The maximum atomic E-state index is 12.8. The molecule has 1 unspecified atom stereocenters. The fraction of sp³-hybridized carbons (Fsp3) is 0.417. The number of hydrogen-bond donors (Lipinski definition) is 2. The minimum absolute atomic E-state index is 0.131. The van der Waals surface area contributed by atoms with Gasteiger partial charge in [-0.3, -0.25) is 4.79 Å². The Hall–Kier alpha value is -1.62. The third-order valence-electron chi connectivity index (χ3n) is 3.09. The lowest BCUT2D eigenvalue weighted by atomic mass is 10.1. The van der Waals surface area contributed by atoms with Crippen LogP contribution in [0.1, 0.15) is 16.8 Å². The number of likely N-dealkylation sites (N-methyl/N-ethyl adjacent to an activating group) is 1. The van der Waals surface area contributed by atoms with Gasteiger partial charge in [0.05, 0.1) is 5.56 Å². The fourth-order valence-electron chi connectivity index (χ4n) is 2.01. The standard InChI is InChI=1S/C12H15FN2O2/c1-15(9-4-5-14-7-9)12(17)10-3-2-8(13)6-11(10)16/h2-3,6,9,14,16H,4-5,7H2,1H3. The Morgan fingerprint density at radius 1 is 1.59 bits per heavy atom. The summed E-state index contributed by atoms with van der Waals surface area (Å²) in [5.41, 5.74) is 0.140. The summed E-state index contributed by atoms with van der Waals surface area (Å²) >= 11 is 0. The molecule has 1 aliphatic rings. The molecule has 1 heterocycles. The predicted molar refractivity (Wildman–Crippen MR) is 61.4 cm³/mol. The van der Waals surface area contributed by atoms with Crippen LogP contribution in [-0.4, -0.2) is 42.1 Å². The third kappa shape index (κ3) is 2.39. The van der Waals surface area contributed by atoms with Crippen LogP contribution in [0, 0.1) is 5.82 Å². The zero-order valence-corrected chi connectivity index (χ0v) is 9.61. The summed E-state index contributed by atoms with van der Waals surface area (Å²) in [6.45, 7) is 1.64. The summed E-state index contributed by atoms with van der Waals surface area (Å²) in [6, 6.07) is 3.57. The first-order valence-electron chi connectivity index (χ1n) is 5.56. The highest BCUT2D eigenvalue weighted by atomic mass is 19.1. The molecule has 1 amide bonds. The molecule has 1 aromatic carbocycles. The Kier molecular flexibility index (Phi) is 3.28. The van der Waals surface area contributed by atoms with Gasteiger partial charge < -0.3 is 15.3 Å². The van der Waals surface area contributed by atoms with Crippen molar-refractivity contribution in [1.29, 1.82) is 0 Å². The van der Waals surface area contributed by atoms with E-state index in [1.165, 1.54) is 12.1 Å². The summed E-state index contributed by atoms with van der Waals surface area (Å²) < 4.78 is 12.8. The molecule has 92 valence electrons. The van der Waals surface area contributed by atoms with E-state index in [-0.39, 0.29) is 23.3 Å². The number of halogens is 1. The van der Waals surface area contributed by atoms with Crippen LogP contribution in [0.25, 0.3) is 0 Å². The van der Waals surface area contributed by atoms with E-state index in [9.17, 15) is 14.3 Å². The van der Waals surface area contributed by atoms with E-state index in [2.05, 4.69) is 5.32 Å². The number of phenols is 1. The number of phenolic OH excluding ortho intramolecular Hbond substituents is 1. The molecule has 17 heavy (non-hydrogen) atoms. The minimum Gasteiger partial charge on any atom is -0.507 e. The highest BCUT2D eigenvalue weighted by Crippen LogP contribution is 2.21. The van der Waals surface area contributed by atoms with Crippen molar-refractivity contribution in [3.63, 3.8) is 0 Å². The van der Waals surface area contributed by atoms with Gasteiger partial charge in [0, 0.05) is 25.7 Å². The molecule has 2 N–H and O–H groups in total. The van der Waals surface area contributed by atoms with Crippen LogP contribution < -0.4 is 5.32 Å². The molecule has 0 radical (unpaired) electrons. The number of aromatic hydroxyl groups is 1. The lowest BCUT2D eigenvalue weighted by molar-refractivity contribution is 0.0740. The SMILES string of the molecule is CN(C(=O)c1ccc(F)cc1O)C1CCNC1. The number of hydrogen-bond acceptors (Lipinski definition) is 3. The number of amides is 1. The number of rotatable bonds is 2. The Labute approximate surface area is 99.0 Å². The van der Waals surface area contributed by atoms with Gasteiger partial charge in [0.2, 0.25) is 0 Å². The zero-order chi connectivity index (χ0) is 12.4. The van der Waals surface area contributed by atoms with Crippen LogP contribution in [0.15, 0.2) is 18.2 Å². The number of carbonyl (C=O) groups excluding carboxylic acids is 1. The topological polar surface area (TPSA) is 52.6 Å². The molecule has 0 bridgehead atoms. The van der Waals surface area contributed by atoms with Crippen LogP contribution in [0.3, 0.4) is 0 Å². The van der Waals surface area contributed by atoms with E-state index in [1.54, 1.807) is 11.9 Å². The van der Waals surface area contributed by atoms with E-state index >= 15 is 0 Å². The average Bonchev–Trinajstić information content (AvgIpc) is 2.80. The van der Waals surface area contributed by atoms with Gasteiger partial charge >= 0.3 is 0 Å². The first-order chi connectivity index (χ1) is 8.09. The summed E-state index contributed by atoms with van der Waals surface area (Å²) in [7, 11) is 1.70. The van der Waals surface area contributed by atoms with Crippen LogP contribution in [0.4, 0.5) is 4.39 Å². The summed E-state index contributed by atoms with van der Waals surface area (Å²) in [6.07, 6.45) is 0.893. The van der Waals surface area contributed by atoms with E-state index in [0.29, 0.717) is 0 Å². The second kappa shape index (κ2) is 4.71. The van der Waals surface area contributed by atoms with Gasteiger partial charge in [0.25, 0.3) is 5.91 Å². The van der Waals surface area contributed by atoms with Crippen molar-refractivity contribution in [2.24, 2.45) is 0 Å². The first kappa shape index (κ1) is 11.9. The predicted octanol–water partition coefficient (Wildman–Crippen LogP) is 0.965. The Morgan fingerprint density at radius 3 is 2.94 bits per heavy atom. The van der Waals surface area contributed by atoms with Crippen molar-refractivity contribution in [3.05, 3.63) is 29.6 Å². The Bertz CT molecular complexity index is 431. The lowest BCUT2D eigenvalue weighted by Crippen LogP contribution is -2.38. The second-order valence-electron chi connectivity index (χ2n) is 4.22. The van der Waals surface area contributed by atoms with Crippen molar-refractivity contribution in [2.75, 3.05) is 20.1 Å². The van der Waals surface area contributed by atoms with Crippen molar-refractivity contribution in [2.45, 2.75) is 12.5 Å². The van der Waals surface area contributed by atoms with E-state index in [4.69, 9.17) is 0 Å². The molecule has 0 saturated carbocycles. The summed E-state index contributed by atoms with van der Waals surface area (Å²) in [5.74, 6) is -1.15. The van der Waals surface area contributed by atoms with Gasteiger partial charge in [-0.15, -0.1) is 0 Å². The molecule has 0 spiro atoms. The molecular weight excluding hydrogens is 223 g/mol. The first-order valence-corrected chi connectivity index (χ1v) is 5.56. The fourth-order valence-corrected chi connectivity index (χ4v) is 2.01. The van der Waals surface area contributed by atoms with Gasteiger partial charge in [-0.1, -0.05) is 0 Å². The van der Waals surface area contributed by atoms with Crippen molar-refractivity contribution in [3.8, 4) is 5.75 Å². The lowest BCUT2D eigenvalue weighted by Gasteiger charge is -2.24. The second-order valence-corrected chi connectivity index (χ2v) is 4.22. The van der Waals surface area contributed by atoms with Gasteiger partial charge in [-0.05, 0) is 25.1 Å². The smallest absolute Gasteiger partial charge is 0.257 e. The quantitative estimate of drug-likeness (QED) is 0.807. The molecule has 1 fully saturated rings. The Balaban J connectivity index is 2.18. The molecule has 4 nitrogen and oxygen atoms in total. The van der Waals surface area contributed by atoms with Gasteiger partial charge in [-0.25, -0.2) is 4.39 Å². The van der Waals surface area contributed by atoms with Crippen LogP contribution >= 0.6 is 0 Å². The van der Waals surface area contributed by atoms with Crippen molar-refractivity contribution in [1.82, 2.24) is 10.2 Å². The highest BCUT2D eigenvalue weighted by Gasteiger charge is 2.25. The molecule has 0 aliphatic carbocycles. The normalized spacial score (nSPS) is 19.3. The minimum atomic E-state index is -0.552. The van der Waals surface area contributed by atoms with Gasteiger partial charge in [-0.2, -0.15) is 0 Å². The summed E-state index contributed by atoms with van der Waals surface area (Å²) in [4.78, 5) is 13.7. The molecule has 1 aromatic rings. The zero-order valence-electron chi connectivity index (χ0n) is 9.61. The maximum Gasteiger partial charge on any atom is 0.257 e. The Morgan fingerprint density at radius 2 is 2.35 bits per heavy atom. The van der Waals surface area contributed by atoms with Crippen LogP contribution in [0.5, 0.6) is 5.75 Å². The maximum absolute atomic E-state index is 12.8. The number of nitrogens with one attached hydrogen (secondary N) is 1. The monoisotopic (exact) mass is 238 g/mol. The van der Waals surface area contributed by atoms with Crippen molar-refractivity contribution >= 4 is 5.91 Å². The van der Waals surface area contributed by atoms with Crippen molar-refractivity contribution < 1.29 is 14.3 Å². The molecule has 2 rings (SSSR count). The van der Waals surface area contributed by atoms with Gasteiger partial charge in [0.15, 0.2) is 0 Å². The van der Waals surface area contributed by atoms with Gasteiger partial charge in [0.1, 0.15) is 11.6 Å². The third-order valence-corrected chi connectivity index (χ3v) is 3.09. The molecule has 0 aromatic heterocycles. The van der Waals surface area contributed by atoms with E-state index in [1.807, 2.05) is 0 Å². The van der Waals surface area contributed by atoms with Crippen LogP contribution in [-0.2, 0) is 0 Å². The molecular formula is C12H15FN2O2. The number of nitrogens with zero attached hydrogens (tertiary/aromatic N) is 1. The van der Waals surface area contributed by atoms with Crippen LogP contribution in [0.2, 0.25) is 0 Å².